The van der Waals surface area contributed by atoms with E-state index in [1.54, 1.807) is 6.92 Å². The minimum atomic E-state index is -0.0784. The molecule has 3 nitrogen and oxygen atoms in total. The summed E-state index contributed by atoms with van der Waals surface area (Å²) in [6, 6.07) is 0. The van der Waals surface area contributed by atoms with Gasteiger partial charge in [-0.25, -0.2) is 0 Å². The van der Waals surface area contributed by atoms with Crippen LogP contribution in [0.3, 0.4) is 0 Å². The first-order valence-corrected chi connectivity index (χ1v) is 8.99. The first-order chi connectivity index (χ1) is 11.7. The number of allylic oxidation sites excluding steroid dienone is 8. The summed E-state index contributed by atoms with van der Waals surface area (Å²) >= 11 is 0. The van der Waals surface area contributed by atoms with Crippen LogP contribution in [-0.4, -0.2) is 17.3 Å². The lowest BCUT2D eigenvalue weighted by atomic mass is 9.95. The Morgan fingerprint density at radius 2 is 1.72 bits per heavy atom. The van der Waals surface area contributed by atoms with Crippen molar-refractivity contribution in [1.82, 2.24) is 0 Å². The molecule has 0 fully saturated rings. The van der Waals surface area contributed by atoms with Gasteiger partial charge in [0.05, 0.1) is 0 Å². The summed E-state index contributed by atoms with van der Waals surface area (Å²) < 4.78 is 0. The number of hydrogen-bond acceptors (Lipinski definition) is 3. The van der Waals surface area contributed by atoms with Crippen LogP contribution in [0.2, 0.25) is 0 Å². The number of carbonyl (C=O) groups excluding carboxylic acids is 3. The molecule has 0 atom stereocenters. The molecular weight excluding hydrogens is 312 g/mol. The fourth-order valence-electron chi connectivity index (χ4n) is 2.71. The first-order valence-electron chi connectivity index (χ1n) is 8.99. The Morgan fingerprint density at radius 3 is 2.36 bits per heavy atom. The molecule has 136 valence electrons. The van der Waals surface area contributed by atoms with Crippen molar-refractivity contribution in [3.8, 4) is 0 Å². The highest BCUT2D eigenvalue weighted by molar-refractivity contribution is 6.19. The van der Waals surface area contributed by atoms with Crippen molar-refractivity contribution in [2.24, 2.45) is 5.92 Å². The minimum Gasteiger partial charge on any atom is -0.299 e. The molecule has 0 saturated carbocycles. The summed E-state index contributed by atoms with van der Waals surface area (Å²) in [6.07, 6.45) is 10.4. The van der Waals surface area contributed by atoms with Gasteiger partial charge in [0.2, 0.25) is 0 Å². The van der Waals surface area contributed by atoms with E-state index in [-0.39, 0.29) is 11.6 Å². The van der Waals surface area contributed by atoms with Crippen molar-refractivity contribution < 1.29 is 14.4 Å². The first kappa shape index (κ1) is 21.0. The third-order valence-corrected chi connectivity index (χ3v) is 4.17. The maximum Gasteiger partial charge on any atom is 0.182 e. The van der Waals surface area contributed by atoms with Crippen LogP contribution < -0.4 is 0 Å². The SMILES string of the molecule is CC(=CCC1=CC(=O)C(C)=CC1=O)CCC=C(C)CC(=O)CC(C)C. The molecule has 25 heavy (non-hydrogen) atoms. The number of carbonyl (C=O) groups is 3. The zero-order chi connectivity index (χ0) is 19.0. The smallest absolute Gasteiger partial charge is 0.182 e. The van der Waals surface area contributed by atoms with Crippen LogP contribution in [0, 0.1) is 5.92 Å². The maximum atomic E-state index is 11.9. The number of rotatable bonds is 9. The molecule has 0 N–H and O–H groups in total. The molecule has 1 rings (SSSR count). The molecule has 0 radical (unpaired) electrons. The number of ketones is 3. The van der Waals surface area contributed by atoms with Gasteiger partial charge in [-0.1, -0.05) is 37.1 Å². The average Bonchev–Trinajstić information content (AvgIpc) is 2.48. The quantitative estimate of drug-likeness (QED) is 0.434. The second-order valence-corrected chi connectivity index (χ2v) is 7.38. The molecule has 3 heteroatoms. The summed E-state index contributed by atoms with van der Waals surface area (Å²) in [5.41, 5.74) is 3.36. The Labute approximate surface area is 151 Å². The van der Waals surface area contributed by atoms with E-state index in [9.17, 15) is 14.4 Å². The third-order valence-electron chi connectivity index (χ3n) is 4.17. The summed E-state index contributed by atoms with van der Waals surface area (Å²) in [5, 5.41) is 0. The fourth-order valence-corrected chi connectivity index (χ4v) is 2.71. The Kier molecular flexibility index (Phi) is 8.47. The predicted molar refractivity (Wildman–Crippen MR) is 102 cm³/mol. The van der Waals surface area contributed by atoms with Crippen LogP contribution in [-0.2, 0) is 14.4 Å². The minimum absolute atomic E-state index is 0.0689. The monoisotopic (exact) mass is 342 g/mol. The average molecular weight is 342 g/mol. The van der Waals surface area contributed by atoms with E-state index in [0.717, 1.165) is 18.4 Å². The van der Waals surface area contributed by atoms with Crippen LogP contribution in [0.4, 0.5) is 0 Å². The molecule has 0 saturated heterocycles. The molecule has 0 aromatic rings. The standard InChI is InChI=1S/C22H30O3/c1-15(2)11-20(23)12-17(4)8-6-7-16(3)9-10-19-14-21(24)18(5)13-22(19)25/h8-9,13-15H,6-7,10-12H2,1-5H3. The lowest BCUT2D eigenvalue weighted by molar-refractivity contribution is -0.119. The van der Waals surface area contributed by atoms with E-state index in [2.05, 4.69) is 19.9 Å². The molecular formula is C22H30O3. The van der Waals surface area contributed by atoms with Gasteiger partial charge >= 0.3 is 0 Å². The van der Waals surface area contributed by atoms with Gasteiger partial charge < -0.3 is 0 Å². The second-order valence-electron chi connectivity index (χ2n) is 7.38. The molecule has 0 bridgehead atoms. The van der Waals surface area contributed by atoms with Crippen LogP contribution in [0.1, 0.15) is 66.7 Å². The zero-order valence-corrected chi connectivity index (χ0v) is 16.1. The second kappa shape index (κ2) is 10.1. The van der Waals surface area contributed by atoms with Crippen LogP contribution in [0.15, 0.2) is 46.6 Å². The summed E-state index contributed by atoms with van der Waals surface area (Å²) in [7, 11) is 0. The molecule has 1 aliphatic carbocycles. The normalized spacial score (nSPS) is 16.2. The Balaban J connectivity index is 2.45. The van der Waals surface area contributed by atoms with Gasteiger partial charge in [-0.05, 0) is 58.1 Å². The Bertz CT molecular complexity index is 655. The zero-order valence-electron chi connectivity index (χ0n) is 16.1. The fraction of sp³-hybridized carbons (Fsp3) is 0.500. The molecule has 0 aromatic carbocycles. The molecule has 0 spiro atoms. The Morgan fingerprint density at radius 1 is 1.04 bits per heavy atom. The van der Waals surface area contributed by atoms with E-state index in [1.165, 1.54) is 17.7 Å². The highest BCUT2D eigenvalue weighted by Crippen LogP contribution is 2.17. The van der Waals surface area contributed by atoms with Crippen molar-refractivity contribution in [2.45, 2.75) is 66.7 Å². The van der Waals surface area contributed by atoms with E-state index in [4.69, 9.17) is 0 Å². The number of hydrogen-bond donors (Lipinski definition) is 0. The van der Waals surface area contributed by atoms with Gasteiger partial charge in [0.25, 0.3) is 0 Å². The molecule has 0 aromatic heterocycles. The highest BCUT2D eigenvalue weighted by atomic mass is 16.1. The lowest BCUT2D eigenvalue weighted by Crippen LogP contribution is -2.11. The Hall–Kier alpha value is -2.03. The molecule has 0 unspecified atom stereocenters. The van der Waals surface area contributed by atoms with Gasteiger partial charge in [0, 0.05) is 24.0 Å². The molecule has 0 heterocycles. The largest absolute Gasteiger partial charge is 0.299 e. The van der Waals surface area contributed by atoms with Crippen molar-refractivity contribution in [3.05, 3.63) is 46.6 Å². The van der Waals surface area contributed by atoms with E-state index in [0.29, 0.717) is 42.1 Å². The lowest BCUT2D eigenvalue weighted by Gasteiger charge is -2.08. The van der Waals surface area contributed by atoms with E-state index >= 15 is 0 Å². The molecule has 0 amide bonds. The van der Waals surface area contributed by atoms with Crippen LogP contribution in [0.25, 0.3) is 0 Å². The number of Topliss-reactive ketones (excluding diaryl/α,β-unsaturated/α-hetero) is 1. The van der Waals surface area contributed by atoms with Crippen molar-refractivity contribution >= 4 is 17.3 Å². The molecule has 1 aliphatic rings. The summed E-state index contributed by atoms with van der Waals surface area (Å²) in [4.78, 5) is 35.3. The van der Waals surface area contributed by atoms with Gasteiger partial charge in [-0.2, -0.15) is 0 Å². The highest BCUT2D eigenvalue weighted by Gasteiger charge is 2.16. The van der Waals surface area contributed by atoms with E-state index < -0.39 is 0 Å². The van der Waals surface area contributed by atoms with Crippen LogP contribution >= 0.6 is 0 Å². The van der Waals surface area contributed by atoms with Crippen molar-refractivity contribution in [2.75, 3.05) is 0 Å². The van der Waals surface area contributed by atoms with Gasteiger partial charge in [-0.3, -0.25) is 14.4 Å². The predicted octanol–water partition coefficient (Wildman–Crippen LogP) is 5.08. The summed E-state index contributed by atoms with van der Waals surface area (Å²) in [6.45, 7) is 9.81. The van der Waals surface area contributed by atoms with E-state index in [1.807, 2.05) is 19.9 Å². The van der Waals surface area contributed by atoms with Crippen molar-refractivity contribution in [1.29, 1.82) is 0 Å². The van der Waals surface area contributed by atoms with Gasteiger partial charge in [0.15, 0.2) is 11.6 Å². The topological polar surface area (TPSA) is 51.2 Å². The van der Waals surface area contributed by atoms with Crippen molar-refractivity contribution in [3.63, 3.8) is 0 Å². The molecule has 0 aliphatic heterocycles. The van der Waals surface area contributed by atoms with Crippen LogP contribution in [0.5, 0.6) is 0 Å². The summed E-state index contributed by atoms with van der Waals surface area (Å²) in [5.74, 6) is 0.561. The third kappa shape index (κ3) is 8.06. The van der Waals surface area contributed by atoms with Gasteiger partial charge in [0.1, 0.15) is 5.78 Å². The maximum absolute atomic E-state index is 11.9. The van der Waals surface area contributed by atoms with Gasteiger partial charge in [-0.15, -0.1) is 0 Å².